The summed E-state index contributed by atoms with van der Waals surface area (Å²) in [6.45, 7) is 2.25. The van der Waals surface area contributed by atoms with Crippen LogP contribution < -0.4 is 5.32 Å². The Morgan fingerprint density at radius 1 is 1.39 bits per heavy atom. The van der Waals surface area contributed by atoms with Crippen molar-refractivity contribution in [2.24, 2.45) is 5.92 Å². The summed E-state index contributed by atoms with van der Waals surface area (Å²) in [4.78, 5) is 12.5. The summed E-state index contributed by atoms with van der Waals surface area (Å²) < 4.78 is 5.50. The molecule has 1 fully saturated rings. The van der Waals surface area contributed by atoms with E-state index in [-0.39, 0.29) is 5.91 Å². The van der Waals surface area contributed by atoms with Gasteiger partial charge in [0.2, 0.25) is 0 Å². The second kappa shape index (κ2) is 6.81. The van der Waals surface area contributed by atoms with Gasteiger partial charge >= 0.3 is 0 Å². The Bertz CT molecular complexity index is 405. The summed E-state index contributed by atoms with van der Waals surface area (Å²) >= 11 is 4.26. The van der Waals surface area contributed by atoms with Crippen LogP contribution in [0.3, 0.4) is 0 Å². The lowest BCUT2D eigenvalue weighted by Crippen LogP contribution is -2.25. The van der Waals surface area contributed by atoms with Gasteiger partial charge in [-0.2, -0.15) is 0 Å². The fourth-order valence-electron chi connectivity index (χ4n) is 1.67. The number of carbonyl (C=O) groups is 1. The van der Waals surface area contributed by atoms with Crippen molar-refractivity contribution >= 4 is 18.5 Å². The number of ether oxygens (including phenoxy) is 1. The van der Waals surface area contributed by atoms with Gasteiger partial charge in [0, 0.05) is 24.7 Å². The summed E-state index contributed by atoms with van der Waals surface area (Å²) in [6.07, 6.45) is 3.48. The smallest absolute Gasteiger partial charge is 0.252 e. The predicted octanol–water partition coefficient (Wildman–Crippen LogP) is 2.52. The van der Waals surface area contributed by atoms with Gasteiger partial charge in [-0.15, -0.1) is 12.6 Å². The number of amides is 1. The average molecular weight is 265 g/mol. The highest BCUT2D eigenvalue weighted by Gasteiger charge is 2.20. The highest BCUT2D eigenvalue weighted by atomic mass is 32.1. The summed E-state index contributed by atoms with van der Waals surface area (Å²) in [5.41, 5.74) is 0.625. The monoisotopic (exact) mass is 265 g/mol. The number of rotatable bonds is 7. The normalized spacial score (nSPS) is 14.5. The molecule has 1 aromatic rings. The summed E-state index contributed by atoms with van der Waals surface area (Å²) in [5.74, 6) is 0.735. The van der Waals surface area contributed by atoms with Gasteiger partial charge in [-0.05, 0) is 37.3 Å². The van der Waals surface area contributed by atoms with E-state index in [1.54, 1.807) is 6.07 Å². The van der Waals surface area contributed by atoms with Crippen LogP contribution in [0, 0.1) is 5.92 Å². The Balaban J connectivity index is 1.60. The molecule has 0 heterocycles. The first-order valence-electron chi connectivity index (χ1n) is 6.41. The SMILES string of the molecule is O=C(NCCCOCC1CC1)c1ccccc1S. The van der Waals surface area contributed by atoms with Crippen LogP contribution in [0.1, 0.15) is 29.6 Å². The maximum atomic E-state index is 11.8. The van der Waals surface area contributed by atoms with Crippen LogP contribution in [-0.2, 0) is 4.74 Å². The van der Waals surface area contributed by atoms with Crippen molar-refractivity contribution in [2.45, 2.75) is 24.2 Å². The first-order valence-corrected chi connectivity index (χ1v) is 6.86. The molecule has 0 aliphatic heterocycles. The van der Waals surface area contributed by atoms with Crippen LogP contribution in [0.4, 0.5) is 0 Å². The lowest BCUT2D eigenvalue weighted by molar-refractivity contribution is 0.0934. The van der Waals surface area contributed by atoms with Crippen LogP contribution in [0.2, 0.25) is 0 Å². The molecule has 4 heteroatoms. The molecule has 0 radical (unpaired) electrons. The molecular weight excluding hydrogens is 246 g/mol. The van der Waals surface area contributed by atoms with Crippen molar-refractivity contribution in [3.63, 3.8) is 0 Å². The molecule has 1 amide bonds. The highest BCUT2D eigenvalue weighted by molar-refractivity contribution is 7.80. The van der Waals surface area contributed by atoms with E-state index in [2.05, 4.69) is 17.9 Å². The first kappa shape index (κ1) is 13.4. The number of hydrogen-bond acceptors (Lipinski definition) is 3. The van der Waals surface area contributed by atoms with E-state index in [0.29, 0.717) is 17.0 Å². The van der Waals surface area contributed by atoms with E-state index < -0.39 is 0 Å². The van der Waals surface area contributed by atoms with Crippen LogP contribution in [-0.4, -0.2) is 25.7 Å². The zero-order valence-corrected chi connectivity index (χ0v) is 11.3. The molecule has 98 valence electrons. The first-order chi connectivity index (χ1) is 8.77. The summed E-state index contributed by atoms with van der Waals surface area (Å²) in [7, 11) is 0. The zero-order chi connectivity index (χ0) is 12.8. The van der Waals surface area contributed by atoms with Crippen molar-refractivity contribution in [1.29, 1.82) is 0 Å². The molecule has 1 aromatic carbocycles. The molecule has 0 bridgehead atoms. The number of carbonyl (C=O) groups excluding carboxylic acids is 1. The minimum Gasteiger partial charge on any atom is -0.381 e. The highest BCUT2D eigenvalue weighted by Crippen LogP contribution is 2.28. The van der Waals surface area contributed by atoms with E-state index in [4.69, 9.17) is 4.74 Å². The van der Waals surface area contributed by atoms with Gasteiger partial charge in [0.05, 0.1) is 5.56 Å². The third kappa shape index (κ3) is 4.35. The molecule has 18 heavy (non-hydrogen) atoms. The molecule has 1 saturated carbocycles. The maximum Gasteiger partial charge on any atom is 0.252 e. The van der Waals surface area contributed by atoms with Gasteiger partial charge in [0.1, 0.15) is 0 Å². The predicted molar refractivity (Wildman–Crippen MR) is 74.2 cm³/mol. The van der Waals surface area contributed by atoms with Gasteiger partial charge in [-0.1, -0.05) is 12.1 Å². The molecule has 0 unspecified atom stereocenters. The second-order valence-corrected chi connectivity index (χ2v) is 5.13. The Kier molecular flexibility index (Phi) is 5.08. The van der Waals surface area contributed by atoms with Crippen molar-refractivity contribution in [3.8, 4) is 0 Å². The van der Waals surface area contributed by atoms with E-state index >= 15 is 0 Å². The molecule has 0 saturated heterocycles. The average Bonchev–Trinajstić information content (AvgIpc) is 3.18. The zero-order valence-electron chi connectivity index (χ0n) is 10.4. The minimum atomic E-state index is -0.0669. The minimum absolute atomic E-state index is 0.0669. The quantitative estimate of drug-likeness (QED) is 0.587. The van der Waals surface area contributed by atoms with Crippen LogP contribution in [0.15, 0.2) is 29.2 Å². The Morgan fingerprint density at radius 2 is 2.17 bits per heavy atom. The van der Waals surface area contributed by atoms with Crippen molar-refractivity contribution < 1.29 is 9.53 Å². The second-order valence-electron chi connectivity index (χ2n) is 4.64. The van der Waals surface area contributed by atoms with Crippen LogP contribution in [0.5, 0.6) is 0 Å². The van der Waals surface area contributed by atoms with Crippen molar-refractivity contribution in [1.82, 2.24) is 5.32 Å². The number of benzene rings is 1. The van der Waals surface area contributed by atoms with E-state index in [1.807, 2.05) is 18.2 Å². The fourth-order valence-corrected chi connectivity index (χ4v) is 1.93. The van der Waals surface area contributed by atoms with Crippen LogP contribution in [0.25, 0.3) is 0 Å². The summed E-state index contributed by atoms with van der Waals surface area (Å²) in [6, 6.07) is 7.30. The standard InChI is InChI=1S/C14H19NO2S/c16-14(12-4-1-2-5-13(12)18)15-8-3-9-17-10-11-6-7-11/h1-2,4-5,11,18H,3,6-10H2,(H,15,16). The largest absolute Gasteiger partial charge is 0.381 e. The molecule has 0 spiro atoms. The molecule has 0 atom stereocenters. The molecular formula is C14H19NO2S. The van der Waals surface area contributed by atoms with Crippen LogP contribution >= 0.6 is 12.6 Å². The Morgan fingerprint density at radius 3 is 2.89 bits per heavy atom. The molecule has 1 N–H and O–H groups in total. The van der Waals surface area contributed by atoms with Gasteiger partial charge in [-0.3, -0.25) is 4.79 Å². The number of thiol groups is 1. The molecule has 0 aromatic heterocycles. The van der Waals surface area contributed by atoms with Crippen molar-refractivity contribution in [3.05, 3.63) is 29.8 Å². The van der Waals surface area contributed by atoms with Gasteiger partial charge in [-0.25, -0.2) is 0 Å². The maximum absolute atomic E-state index is 11.8. The van der Waals surface area contributed by atoms with Gasteiger partial charge in [0.15, 0.2) is 0 Å². The summed E-state index contributed by atoms with van der Waals surface area (Å²) in [5, 5.41) is 2.88. The lowest BCUT2D eigenvalue weighted by atomic mass is 10.2. The lowest BCUT2D eigenvalue weighted by Gasteiger charge is -2.07. The topological polar surface area (TPSA) is 38.3 Å². The Labute approximate surface area is 113 Å². The Hall–Kier alpha value is -1.00. The molecule has 2 rings (SSSR count). The third-order valence-corrected chi connectivity index (χ3v) is 3.34. The molecule has 1 aliphatic carbocycles. The number of hydrogen-bond donors (Lipinski definition) is 2. The van der Waals surface area contributed by atoms with E-state index in [1.165, 1.54) is 12.8 Å². The van der Waals surface area contributed by atoms with Gasteiger partial charge < -0.3 is 10.1 Å². The van der Waals surface area contributed by atoms with Crippen molar-refractivity contribution in [2.75, 3.05) is 19.8 Å². The molecule has 3 nitrogen and oxygen atoms in total. The van der Waals surface area contributed by atoms with E-state index in [9.17, 15) is 4.79 Å². The third-order valence-electron chi connectivity index (χ3n) is 2.95. The van der Waals surface area contributed by atoms with Gasteiger partial charge in [0.25, 0.3) is 5.91 Å². The molecule has 1 aliphatic rings. The number of nitrogens with one attached hydrogen (secondary N) is 1. The fraction of sp³-hybridized carbons (Fsp3) is 0.500. The van der Waals surface area contributed by atoms with E-state index in [0.717, 1.165) is 25.6 Å².